The van der Waals surface area contributed by atoms with Gasteiger partial charge in [-0.3, -0.25) is 4.79 Å². The van der Waals surface area contributed by atoms with Gasteiger partial charge in [-0.25, -0.2) is 0 Å². The molecule has 0 radical (unpaired) electrons. The van der Waals surface area contributed by atoms with Gasteiger partial charge in [0.1, 0.15) is 0 Å². The smallest absolute Gasteiger partial charge is 0.185 e. The largest absolute Gasteiger partial charge is 0.289 e. The van der Waals surface area contributed by atoms with Crippen molar-refractivity contribution in [2.45, 2.75) is 19.8 Å². The number of hydrogen-bond donors (Lipinski definition) is 0. The van der Waals surface area contributed by atoms with Gasteiger partial charge in [0.2, 0.25) is 0 Å². The van der Waals surface area contributed by atoms with Crippen LogP contribution in [0, 0.1) is 6.92 Å². The van der Waals surface area contributed by atoms with E-state index < -0.39 is 0 Å². The second-order valence-electron chi connectivity index (χ2n) is 4.66. The van der Waals surface area contributed by atoms with Crippen molar-refractivity contribution in [1.82, 2.24) is 0 Å². The van der Waals surface area contributed by atoms with E-state index in [1.807, 2.05) is 55.5 Å². The second-order valence-corrected chi connectivity index (χ2v) is 4.66. The molecule has 0 bridgehead atoms. The van der Waals surface area contributed by atoms with Crippen molar-refractivity contribution in [3.8, 4) is 0 Å². The van der Waals surface area contributed by atoms with Crippen LogP contribution in [0.15, 0.2) is 66.7 Å². The maximum Gasteiger partial charge on any atom is 0.185 e. The first kappa shape index (κ1) is 13.3. The lowest BCUT2D eigenvalue weighted by Crippen LogP contribution is -1.94. The van der Waals surface area contributed by atoms with E-state index in [1.165, 1.54) is 5.56 Å². The molecule has 0 spiro atoms. The van der Waals surface area contributed by atoms with E-state index in [4.69, 9.17) is 0 Å². The third-order valence-corrected chi connectivity index (χ3v) is 3.01. The highest BCUT2D eigenvalue weighted by atomic mass is 16.1. The Balaban J connectivity index is 1.87. The normalized spacial score (nSPS) is 10.8. The first-order chi connectivity index (χ1) is 9.25. The summed E-state index contributed by atoms with van der Waals surface area (Å²) < 4.78 is 0. The van der Waals surface area contributed by atoms with E-state index in [9.17, 15) is 4.79 Å². The van der Waals surface area contributed by atoms with Crippen molar-refractivity contribution >= 4 is 5.78 Å². The molecule has 0 aromatic heterocycles. The van der Waals surface area contributed by atoms with Crippen LogP contribution in [0.5, 0.6) is 0 Å². The minimum absolute atomic E-state index is 0.0803. The van der Waals surface area contributed by atoms with E-state index in [0.717, 1.165) is 24.0 Å². The first-order valence-electron chi connectivity index (χ1n) is 6.57. The predicted molar refractivity (Wildman–Crippen MR) is 79.4 cm³/mol. The molecular formula is C18H18O. The Morgan fingerprint density at radius 2 is 1.84 bits per heavy atom. The van der Waals surface area contributed by atoms with Gasteiger partial charge in [0.15, 0.2) is 5.78 Å². The van der Waals surface area contributed by atoms with E-state index in [1.54, 1.807) is 6.08 Å². The zero-order valence-electron chi connectivity index (χ0n) is 11.2. The standard InChI is InChI=1S/C18H18O/c1-15-8-7-12-17(14-15)18(19)13-6-5-11-16-9-3-2-4-10-16/h2-4,6-10,12-14H,5,11H2,1H3/b13-6+. The zero-order valence-corrected chi connectivity index (χ0v) is 11.2. The number of rotatable bonds is 5. The highest BCUT2D eigenvalue weighted by Gasteiger charge is 2.00. The molecule has 0 heterocycles. The SMILES string of the molecule is Cc1cccc(C(=O)/C=C/CCc2ccccc2)c1. The van der Waals surface area contributed by atoms with Crippen molar-refractivity contribution in [3.05, 3.63) is 83.4 Å². The van der Waals surface area contributed by atoms with Gasteiger partial charge in [-0.1, -0.05) is 60.2 Å². The second kappa shape index (κ2) is 6.69. The summed E-state index contributed by atoms with van der Waals surface area (Å²) in [7, 11) is 0. The number of ketones is 1. The summed E-state index contributed by atoms with van der Waals surface area (Å²) in [5.41, 5.74) is 3.18. The molecule has 0 amide bonds. The fourth-order valence-electron chi connectivity index (χ4n) is 1.98. The fourth-order valence-corrected chi connectivity index (χ4v) is 1.98. The van der Waals surface area contributed by atoms with Crippen molar-refractivity contribution in [3.63, 3.8) is 0 Å². The number of carbonyl (C=O) groups excluding carboxylic acids is 1. The fraction of sp³-hybridized carbons (Fsp3) is 0.167. The predicted octanol–water partition coefficient (Wildman–Crippen LogP) is 4.37. The molecule has 0 aliphatic carbocycles. The summed E-state index contributed by atoms with van der Waals surface area (Å²) in [5, 5.41) is 0. The monoisotopic (exact) mass is 250 g/mol. The lowest BCUT2D eigenvalue weighted by atomic mass is 10.1. The average molecular weight is 250 g/mol. The van der Waals surface area contributed by atoms with Gasteiger partial charge in [0.05, 0.1) is 0 Å². The van der Waals surface area contributed by atoms with Crippen LogP contribution < -0.4 is 0 Å². The first-order valence-corrected chi connectivity index (χ1v) is 6.57. The Morgan fingerprint density at radius 1 is 1.05 bits per heavy atom. The third kappa shape index (κ3) is 4.22. The molecule has 0 atom stereocenters. The number of carbonyl (C=O) groups is 1. The third-order valence-electron chi connectivity index (χ3n) is 3.01. The molecule has 2 aromatic rings. The van der Waals surface area contributed by atoms with Crippen molar-refractivity contribution in [2.24, 2.45) is 0 Å². The summed E-state index contributed by atoms with van der Waals surface area (Å²) in [6, 6.07) is 18.0. The number of hydrogen-bond acceptors (Lipinski definition) is 1. The molecule has 19 heavy (non-hydrogen) atoms. The van der Waals surface area contributed by atoms with Crippen LogP contribution in [0.2, 0.25) is 0 Å². The zero-order chi connectivity index (χ0) is 13.5. The van der Waals surface area contributed by atoms with Crippen LogP contribution >= 0.6 is 0 Å². The number of allylic oxidation sites excluding steroid dienone is 2. The Bertz CT molecular complexity index is 567. The van der Waals surface area contributed by atoms with Gasteiger partial charge in [0.25, 0.3) is 0 Å². The maximum atomic E-state index is 11.9. The molecule has 0 aliphatic rings. The lowest BCUT2D eigenvalue weighted by molar-refractivity contribution is 0.104. The Labute approximate surface area is 114 Å². The van der Waals surface area contributed by atoms with Crippen molar-refractivity contribution in [2.75, 3.05) is 0 Å². The van der Waals surface area contributed by atoms with Gasteiger partial charge in [-0.15, -0.1) is 0 Å². The van der Waals surface area contributed by atoms with Crippen LogP contribution in [0.4, 0.5) is 0 Å². The van der Waals surface area contributed by atoms with Gasteiger partial charge in [-0.2, -0.15) is 0 Å². The molecule has 0 fully saturated rings. The van der Waals surface area contributed by atoms with Crippen LogP contribution in [0.1, 0.15) is 27.9 Å². The van der Waals surface area contributed by atoms with Crippen molar-refractivity contribution < 1.29 is 4.79 Å². The molecule has 96 valence electrons. The molecule has 2 aromatic carbocycles. The van der Waals surface area contributed by atoms with Crippen LogP contribution in [-0.2, 0) is 6.42 Å². The van der Waals surface area contributed by atoms with E-state index in [2.05, 4.69) is 12.1 Å². The summed E-state index contributed by atoms with van der Waals surface area (Å²) in [6.07, 6.45) is 5.50. The Hall–Kier alpha value is -2.15. The van der Waals surface area contributed by atoms with E-state index in [-0.39, 0.29) is 5.78 Å². The number of aryl methyl sites for hydroxylation is 2. The van der Waals surface area contributed by atoms with Crippen molar-refractivity contribution in [1.29, 1.82) is 0 Å². The maximum absolute atomic E-state index is 11.9. The van der Waals surface area contributed by atoms with Crippen LogP contribution in [0.25, 0.3) is 0 Å². The lowest BCUT2D eigenvalue weighted by Gasteiger charge is -1.98. The Kier molecular flexibility index (Phi) is 4.68. The van der Waals surface area contributed by atoms with E-state index in [0.29, 0.717) is 0 Å². The van der Waals surface area contributed by atoms with Gasteiger partial charge in [0, 0.05) is 5.56 Å². The minimum Gasteiger partial charge on any atom is -0.289 e. The molecule has 0 unspecified atom stereocenters. The molecule has 1 nitrogen and oxygen atoms in total. The summed E-state index contributed by atoms with van der Waals surface area (Å²) in [5.74, 6) is 0.0803. The van der Waals surface area contributed by atoms with Gasteiger partial charge in [-0.05, 0) is 37.5 Å². The van der Waals surface area contributed by atoms with Crippen LogP contribution in [-0.4, -0.2) is 5.78 Å². The van der Waals surface area contributed by atoms with Gasteiger partial charge >= 0.3 is 0 Å². The number of benzene rings is 2. The highest BCUT2D eigenvalue weighted by molar-refractivity contribution is 6.04. The van der Waals surface area contributed by atoms with Gasteiger partial charge < -0.3 is 0 Å². The Morgan fingerprint density at radius 3 is 2.58 bits per heavy atom. The molecule has 2 rings (SSSR count). The van der Waals surface area contributed by atoms with Crippen LogP contribution in [0.3, 0.4) is 0 Å². The molecule has 0 N–H and O–H groups in total. The molecule has 0 saturated carbocycles. The quantitative estimate of drug-likeness (QED) is 0.569. The summed E-state index contributed by atoms with van der Waals surface area (Å²) in [6.45, 7) is 2.00. The average Bonchev–Trinajstić information content (AvgIpc) is 2.44. The topological polar surface area (TPSA) is 17.1 Å². The molecule has 0 aliphatic heterocycles. The highest BCUT2D eigenvalue weighted by Crippen LogP contribution is 2.07. The van der Waals surface area contributed by atoms with E-state index >= 15 is 0 Å². The molecule has 0 saturated heterocycles. The summed E-state index contributed by atoms with van der Waals surface area (Å²) >= 11 is 0. The molecule has 1 heteroatoms. The summed E-state index contributed by atoms with van der Waals surface area (Å²) in [4.78, 5) is 11.9. The minimum atomic E-state index is 0.0803. The molecular weight excluding hydrogens is 232 g/mol.